The maximum absolute atomic E-state index is 12.4. The third kappa shape index (κ3) is 69.8. The van der Waals surface area contributed by atoms with Gasteiger partial charge in [-0.3, -0.25) is 9.59 Å². The van der Waals surface area contributed by atoms with Gasteiger partial charge < -0.3 is 20.3 Å². The topological polar surface area (TPSA) is 95.9 Å². The Labute approximate surface area is 521 Å². The van der Waals surface area contributed by atoms with Gasteiger partial charge in [0, 0.05) is 12.8 Å². The van der Waals surface area contributed by atoms with Gasteiger partial charge in [0.2, 0.25) is 5.91 Å². The third-order valence-electron chi connectivity index (χ3n) is 18.7. The summed E-state index contributed by atoms with van der Waals surface area (Å²) in [6.07, 6.45) is 90.8. The Kier molecular flexibility index (Phi) is 72.3. The van der Waals surface area contributed by atoms with E-state index in [9.17, 15) is 19.8 Å². The Morgan fingerprint density at radius 1 is 0.289 bits per heavy atom. The van der Waals surface area contributed by atoms with Crippen molar-refractivity contribution in [2.24, 2.45) is 0 Å². The number of aliphatic hydroxyl groups excluding tert-OH is 2. The third-order valence-corrected chi connectivity index (χ3v) is 18.7. The maximum Gasteiger partial charge on any atom is 0.305 e. The Morgan fingerprint density at radius 3 is 0.735 bits per heavy atom. The SMILES string of the molecule is CCCCCCCCCCCCCCCCCCCCC(=O)OCCCCCCCCCCCCCCCCCCCCCCCCCCCCCCCCCCCCCCCCCC(=O)NC(CO)C(O)CCCCCCCCCCC. The first kappa shape index (κ1) is 81.9. The zero-order valence-electron chi connectivity index (χ0n) is 57.0. The number of nitrogens with one attached hydrogen (secondary N) is 1. The van der Waals surface area contributed by atoms with Gasteiger partial charge in [-0.05, 0) is 25.7 Å². The van der Waals surface area contributed by atoms with E-state index < -0.39 is 12.1 Å². The molecule has 0 spiro atoms. The number of aliphatic hydroxyl groups is 2. The molecule has 0 saturated heterocycles. The van der Waals surface area contributed by atoms with Crippen LogP contribution >= 0.6 is 0 Å². The average Bonchev–Trinajstić information content (AvgIpc) is 3.49. The van der Waals surface area contributed by atoms with Crippen molar-refractivity contribution in [2.45, 2.75) is 469 Å². The van der Waals surface area contributed by atoms with Crippen LogP contribution in [0.5, 0.6) is 0 Å². The lowest BCUT2D eigenvalue weighted by Gasteiger charge is -2.22. The molecule has 6 heteroatoms. The first-order chi connectivity index (χ1) is 41.0. The molecule has 0 aliphatic heterocycles. The summed E-state index contributed by atoms with van der Waals surface area (Å²) in [6.45, 7) is 4.99. The van der Waals surface area contributed by atoms with E-state index in [1.807, 2.05) is 0 Å². The minimum Gasteiger partial charge on any atom is -0.466 e. The predicted molar refractivity (Wildman–Crippen MR) is 366 cm³/mol. The molecule has 0 aromatic rings. The highest BCUT2D eigenvalue weighted by molar-refractivity contribution is 5.76. The van der Waals surface area contributed by atoms with Crippen LogP contribution < -0.4 is 5.32 Å². The van der Waals surface area contributed by atoms with Gasteiger partial charge in [-0.15, -0.1) is 0 Å². The largest absolute Gasteiger partial charge is 0.466 e. The number of carbonyl (C=O) groups excluding carboxylic acids is 2. The van der Waals surface area contributed by atoms with Crippen molar-refractivity contribution in [1.29, 1.82) is 0 Å². The molecule has 0 saturated carbocycles. The molecule has 6 nitrogen and oxygen atoms in total. The molecule has 0 aromatic carbocycles. The molecule has 0 radical (unpaired) electrons. The molecule has 0 fully saturated rings. The lowest BCUT2D eigenvalue weighted by molar-refractivity contribution is -0.143. The van der Waals surface area contributed by atoms with Gasteiger partial charge in [-0.1, -0.05) is 418 Å². The van der Waals surface area contributed by atoms with Gasteiger partial charge in [0.1, 0.15) is 0 Å². The number of hydrogen-bond acceptors (Lipinski definition) is 5. The lowest BCUT2D eigenvalue weighted by atomic mass is 10.0. The predicted octanol–water partition coefficient (Wildman–Crippen LogP) is 25.3. The van der Waals surface area contributed by atoms with Crippen LogP contribution in [0.2, 0.25) is 0 Å². The summed E-state index contributed by atoms with van der Waals surface area (Å²) >= 11 is 0. The van der Waals surface area contributed by atoms with Gasteiger partial charge in [0.25, 0.3) is 0 Å². The highest BCUT2D eigenvalue weighted by atomic mass is 16.5. The van der Waals surface area contributed by atoms with E-state index in [2.05, 4.69) is 19.2 Å². The molecule has 2 atom stereocenters. The molecule has 0 bridgehead atoms. The van der Waals surface area contributed by atoms with Crippen molar-refractivity contribution in [1.82, 2.24) is 5.32 Å². The summed E-state index contributed by atoms with van der Waals surface area (Å²) in [5.74, 6) is 0.00120. The molecule has 0 aliphatic rings. The summed E-state index contributed by atoms with van der Waals surface area (Å²) in [5, 5.41) is 23.2. The van der Waals surface area contributed by atoms with Gasteiger partial charge in [-0.2, -0.15) is 0 Å². The zero-order valence-corrected chi connectivity index (χ0v) is 57.0. The molecule has 0 heterocycles. The minimum absolute atomic E-state index is 0.0285. The molecule has 1 amide bonds. The number of ether oxygens (including phenoxy) is 1. The average molecular weight is 1170 g/mol. The Hall–Kier alpha value is -1.14. The van der Waals surface area contributed by atoms with E-state index in [1.165, 1.54) is 385 Å². The number of amides is 1. The monoisotopic (exact) mass is 1170 g/mol. The van der Waals surface area contributed by atoms with Crippen molar-refractivity contribution in [2.75, 3.05) is 13.2 Å². The molecular weight excluding hydrogens is 1020 g/mol. The normalized spacial score (nSPS) is 12.4. The lowest BCUT2D eigenvalue weighted by Crippen LogP contribution is -2.45. The van der Waals surface area contributed by atoms with E-state index in [0.29, 0.717) is 25.9 Å². The van der Waals surface area contributed by atoms with Crippen molar-refractivity contribution >= 4 is 11.9 Å². The fourth-order valence-electron chi connectivity index (χ4n) is 12.8. The summed E-state index contributed by atoms with van der Waals surface area (Å²) in [6, 6.07) is -0.533. The van der Waals surface area contributed by atoms with Gasteiger partial charge in [-0.25, -0.2) is 0 Å². The van der Waals surface area contributed by atoms with E-state index in [-0.39, 0.29) is 18.5 Å². The van der Waals surface area contributed by atoms with Crippen LogP contribution in [-0.2, 0) is 14.3 Å². The van der Waals surface area contributed by atoms with Crippen LogP contribution in [0.3, 0.4) is 0 Å². The quantitative estimate of drug-likeness (QED) is 0.0417. The maximum atomic E-state index is 12.4. The molecule has 2 unspecified atom stereocenters. The second kappa shape index (κ2) is 73.3. The second-order valence-corrected chi connectivity index (χ2v) is 27.1. The Balaban J connectivity index is 3.24. The van der Waals surface area contributed by atoms with Crippen LogP contribution in [-0.4, -0.2) is 47.4 Å². The van der Waals surface area contributed by atoms with Gasteiger partial charge in [0.05, 0.1) is 25.4 Å². The summed E-state index contributed by atoms with van der Waals surface area (Å²) in [4.78, 5) is 24.6. The smallest absolute Gasteiger partial charge is 0.305 e. The number of esters is 1. The Bertz CT molecular complexity index is 1210. The summed E-state index contributed by atoms with van der Waals surface area (Å²) < 4.78 is 5.52. The highest BCUT2D eigenvalue weighted by Gasteiger charge is 2.20. The highest BCUT2D eigenvalue weighted by Crippen LogP contribution is 2.20. The van der Waals surface area contributed by atoms with E-state index in [0.717, 1.165) is 38.5 Å². The first-order valence-electron chi connectivity index (χ1n) is 38.8. The van der Waals surface area contributed by atoms with E-state index in [1.54, 1.807) is 0 Å². The van der Waals surface area contributed by atoms with Crippen molar-refractivity contribution in [3.8, 4) is 0 Å². The molecular formula is C77H153NO5. The fourth-order valence-corrected chi connectivity index (χ4v) is 12.8. The van der Waals surface area contributed by atoms with Crippen LogP contribution in [0.1, 0.15) is 457 Å². The van der Waals surface area contributed by atoms with E-state index in [4.69, 9.17) is 4.74 Å². The number of hydrogen-bond donors (Lipinski definition) is 3. The number of unbranched alkanes of at least 4 members (excludes halogenated alkanes) is 63. The molecule has 496 valence electrons. The summed E-state index contributed by atoms with van der Waals surface area (Å²) in [7, 11) is 0. The minimum atomic E-state index is -0.656. The summed E-state index contributed by atoms with van der Waals surface area (Å²) in [5.41, 5.74) is 0. The van der Waals surface area contributed by atoms with Crippen molar-refractivity contribution in [3.63, 3.8) is 0 Å². The van der Waals surface area contributed by atoms with Crippen LogP contribution in [0.25, 0.3) is 0 Å². The molecule has 0 rings (SSSR count). The molecule has 0 aromatic heterocycles. The van der Waals surface area contributed by atoms with Crippen LogP contribution in [0, 0.1) is 0 Å². The van der Waals surface area contributed by atoms with E-state index >= 15 is 0 Å². The Morgan fingerprint density at radius 2 is 0.494 bits per heavy atom. The van der Waals surface area contributed by atoms with Crippen molar-refractivity contribution < 1.29 is 24.5 Å². The van der Waals surface area contributed by atoms with Gasteiger partial charge >= 0.3 is 5.97 Å². The molecule has 0 aliphatic carbocycles. The molecule has 83 heavy (non-hydrogen) atoms. The fraction of sp³-hybridized carbons (Fsp3) is 0.974. The van der Waals surface area contributed by atoms with Gasteiger partial charge in [0.15, 0.2) is 0 Å². The standard InChI is InChI=1S/C77H153NO5/c1-3-5-7-9-11-13-14-15-16-17-42-45-48-51-55-59-63-67-71-77(82)83-72-68-64-60-56-52-49-46-43-40-38-36-34-32-30-28-26-24-22-20-18-19-21-23-25-27-29-31-33-35-37-39-41-44-47-50-54-58-62-66-70-76(81)78-74(73-79)75(80)69-65-61-57-53-12-10-8-6-4-2/h74-75,79-80H,3-73H2,1-2H3,(H,78,81). The first-order valence-corrected chi connectivity index (χ1v) is 38.8. The molecule has 3 N–H and O–H groups in total. The van der Waals surface area contributed by atoms with Crippen LogP contribution in [0.15, 0.2) is 0 Å². The number of carbonyl (C=O) groups is 2. The zero-order chi connectivity index (χ0) is 59.9. The van der Waals surface area contributed by atoms with Crippen LogP contribution in [0.4, 0.5) is 0 Å². The second-order valence-electron chi connectivity index (χ2n) is 27.1. The number of rotatable bonds is 74. The van der Waals surface area contributed by atoms with Crippen molar-refractivity contribution in [3.05, 3.63) is 0 Å².